The number of rotatable bonds is 3. The van der Waals surface area contributed by atoms with Crippen molar-refractivity contribution in [2.75, 3.05) is 5.01 Å². The van der Waals surface area contributed by atoms with Crippen molar-refractivity contribution >= 4 is 34.4 Å². The summed E-state index contributed by atoms with van der Waals surface area (Å²) in [5, 5.41) is 4.39. The van der Waals surface area contributed by atoms with Gasteiger partial charge in [0.15, 0.2) is 11.1 Å². The molecule has 0 saturated heterocycles. The van der Waals surface area contributed by atoms with Gasteiger partial charge in [-0.05, 0) is 42.3 Å². The van der Waals surface area contributed by atoms with Crippen molar-refractivity contribution in [1.29, 1.82) is 0 Å². The van der Waals surface area contributed by atoms with Crippen LogP contribution in [0.1, 0.15) is 18.1 Å². The summed E-state index contributed by atoms with van der Waals surface area (Å²) in [6.07, 6.45) is -2.26. The van der Waals surface area contributed by atoms with Crippen molar-refractivity contribution in [3.05, 3.63) is 81.7 Å². The highest BCUT2D eigenvalue weighted by atomic mass is 19.4. The van der Waals surface area contributed by atoms with E-state index in [4.69, 9.17) is 4.42 Å². The van der Waals surface area contributed by atoms with Crippen LogP contribution in [0.15, 0.2) is 74.7 Å². The second-order valence-corrected chi connectivity index (χ2v) is 6.66. The van der Waals surface area contributed by atoms with Gasteiger partial charge in [0.05, 0.1) is 22.2 Å². The van der Waals surface area contributed by atoms with Gasteiger partial charge in [-0.25, -0.2) is 0 Å². The molecule has 0 bridgehead atoms. The molecule has 0 aliphatic carbocycles. The van der Waals surface area contributed by atoms with Crippen LogP contribution in [0.3, 0.4) is 0 Å². The van der Waals surface area contributed by atoms with Gasteiger partial charge in [-0.2, -0.15) is 23.3 Å². The van der Waals surface area contributed by atoms with Gasteiger partial charge in [0.1, 0.15) is 11.8 Å². The maximum atomic E-state index is 13.6. The van der Waals surface area contributed by atoms with Crippen LogP contribution in [0.25, 0.3) is 17.0 Å². The van der Waals surface area contributed by atoms with Crippen LogP contribution in [0, 0.1) is 0 Å². The first kappa shape index (κ1) is 19.6. The maximum Gasteiger partial charge on any atom is 0.435 e. The first-order valence-electron chi connectivity index (χ1n) is 9.11. The third-order valence-electron chi connectivity index (χ3n) is 4.72. The summed E-state index contributed by atoms with van der Waals surface area (Å²) >= 11 is 0. The Morgan fingerprint density at radius 1 is 1.10 bits per heavy atom. The number of carbonyl (C=O) groups is 1. The lowest BCUT2D eigenvalue weighted by Crippen LogP contribution is -2.25. The number of carbonyl (C=O) groups excluding carboxylic acids is 1. The Morgan fingerprint density at radius 3 is 2.50 bits per heavy atom. The number of alkyl halides is 3. The van der Waals surface area contributed by atoms with Gasteiger partial charge >= 0.3 is 6.18 Å². The second kappa shape index (κ2) is 7.29. The van der Waals surface area contributed by atoms with E-state index in [9.17, 15) is 22.8 Å². The quantitative estimate of drug-likeness (QED) is 0.586. The highest BCUT2D eigenvalue weighted by Crippen LogP contribution is 2.32. The largest absolute Gasteiger partial charge is 0.463 e. The molecule has 3 aromatic rings. The predicted octanol–water partition coefficient (Wildman–Crippen LogP) is 4.70. The molecule has 4 rings (SSSR count). The first-order valence-corrected chi connectivity index (χ1v) is 9.11. The smallest absolute Gasteiger partial charge is 0.435 e. The SMILES string of the molecule is CCc1ccc2occ(/C=C3\C(=O)N(c4ccccc4)N=C3C(F)(F)F)c(=O)c2c1. The monoisotopic (exact) mass is 412 g/mol. The first-order chi connectivity index (χ1) is 14.3. The number of anilines is 1. The lowest BCUT2D eigenvalue weighted by atomic mass is 10.0. The zero-order valence-corrected chi connectivity index (χ0v) is 15.7. The van der Waals surface area contributed by atoms with Gasteiger partial charge in [0, 0.05) is 0 Å². The van der Waals surface area contributed by atoms with Gasteiger partial charge in [0.25, 0.3) is 5.91 Å². The summed E-state index contributed by atoms with van der Waals surface area (Å²) in [5.41, 5.74) is -1.39. The number of hydrazone groups is 1. The van der Waals surface area contributed by atoms with Crippen LogP contribution in [0.2, 0.25) is 0 Å². The standard InChI is InChI=1S/C22H15F3N2O3/c1-2-13-8-9-18-16(10-13)19(28)14(12-30-18)11-17-20(22(23,24)25)26-27(21(17)29)15-6-4-3-5-7-15/h3-12H,2H2,1H3/b17-11-. The Kier molecular flexibility index (Phi) is 4.77. The average molecular weight is 412 g/mol. The van der Waals surface area contributed by atoms with Crippen LogP contribution in [-0.4, -0.2) is 17.8 Å². The van der Waals surface area contributed by atoms with Crippen LogP contribution >= 0.6 is 0 Å². The van der Waals surface area contributed by atoms with E-state index >= 15 is 0 Å². The van der Waals surface area contributed by atoms with Crippen molar-refractivity contribution in [2.45, 2.75) is 19.5 Å². The molecule has 152 valence electrons. The summed E-state index contributed by atoms with van der Waals surface area (Å²) in [5.74, 6) is -0.977. The summed E-state index contributed by atoms with van der Waals surface area (Å²) in [7, 11) is 0. The molecule has 0 radical (unpaired) electrons. The van der Waals surface area contributed by atoms with Crippen LogP contribution in [0.5, 0.6) is 0 Å². The molecule has 30 heavy (non-hydrogen) atoms. The molecule has 1 aliphatic rings. The Balaban J connectivity index is 1.86. The molecule has 0 atom stereocenters. The number of hydrogen-bond acceptors (Lipinski definition) is 4. The van der Waals surface area contributed by atoms with E-state index in [1.165, 1.54) is 12.1 Å². The lowest BCUT2D eigenvalue weighted by molar-refractivity contribution is -0.114. The molecule has 0 fully saturated rings. The van der Waals surface area contributed by atoms with Gasteiger partial charge in [-0.1, -0.05) is 31.2 Å². The van der Waals surface area contributed by atoms with Crippen molar-refractivity contribution < 1.29 is 22.4 Å². The molecule has 1 aliphatic heterocycles. The number of hydrogen-bond donors (Lipinski definition) is 0. The molecule has 5 nitrogen and oxygen atoms in total. The van der Waals surface area contributed by atoms with E-state index in [1.54, 1.807) is 36.4 Å². The molecule has 2 aromatic carbocycles. The molecule has 1 aromatic heterocycles. The fourth-order valence-electron chi connectivity index (χ4n) is 3.17. The topological polar surface area (TPSA) is 62.9 Å². The molecule has 0 saturated carbocycles. The van der Waals surface area contributed by atoms with E-state index in [1.807, 2.05) is 6.92 Å². The molecular formula is C22H15F3N2O3. The number of halogens is 3. The van der Waals surface area contributed by atoms with Crippen LogP contribution in [0.4, 0.5) is 18.9 Å². The highest BCUT2D eigenvalue weighted by molar-refractivity contribution is 6.34. The van der Waals surface area contributed by atoms with Crippen molar-refractivity contribution in [3.8, 4) is 0 Å². The molecule has 0 spiro atoms. The Morgan fingerprint density at radius 2 is 1.83 bits per heavy atom. The van der Waals surface area contributed by atoms with E-state index in [2.05, 4.69) is 5.10 Å². The van der Waals surface area contributed by atoms with Crippen molar-refractivity contribution in [1.82, 2.24) is 0 Å². The number of aryl methyl sites for hydroxylation is 1. The summed E-state index contributed by atoms with van der Waals surface area (Å²) in [6.45, 7) is 1.91. The van der Waals surface area contributed by atoms with Crippen molar-refractivity contribution in [3.63, 3.8) is 0 Å². The van der Waals surface area contributed by atoms with E-state index in [0.29, 0.717) is 17.0 Å². The minimum Gasteiger partial charge on any atom is -0.463 e. The third kappa shape index (κ3) is 3.41. The molecular weight excluding hydrogens is 397 g/mol. The van der Waals surface area contributed by atoms with Gasteiger partial charge in [0.2, 0.25) is 0 Å². The zero-order valence-electron chi connectivity index (χ0n) is 15.7. The van der Waals surface area contributed by atoms with Crippen LogP contribution in [-0.2, 0) is 11.2 Å². The van der Waals surface area contributed by atoms with Crippen LogP contribution < -0.4 is 10.4 Å². The molecule has 0 N–H and O–H groups in total. The Hall–Kier alpha value is -3.68. The van der Waals surface area contributed by atoms with Gasteiger partial charge in [-0.15, -0.1) is 0 Å². The lowest BCUT2D eigenvalue weighted by Gasteiger charge is -2.10. The molecule has 8 heteroatoms. The summed E-state index contributed by atoms with van der Waals surface area (Å²) in [6, 6.07) is 12.8. The minimum absolute atomic E-state index is 0.161. The molecule has 2 heterocycles. The fraction of sp³-hybridized carbons (Fsp3) is 0.136. The third-order valence-corrected chi connectivity index (χ3v) is 4.72. The molecule has 0 unspecified atom stereocenters. The number of nitrogens with zero attached hydrogens (tertiary/aromatic N) is 2. The van der Waals surface area contributed by atoms with E-state index in [0.717, 1.165) is 17.9 Å². The summed E-state index contributed by atoms with van der Waals surface area (Å²) in [4.78, 5) is 25.6. The molecule has 1 amide bonds. The van der Waals surface area contributed by atoms with Crippen molar-refractivity contribution in [2.24, 2.45) is 5.10 Å². The maximum absolute atomic E-state index is 13.6. The number of para-hydroxylation sites is 1. The predicted molar refractivity (Wildman–Crippen MR) is 107 cm³/mol. The normalized spacial score (nSPS) is 15.9. The number of benzene rings is 2. The zero-order chi connectivity index (χ0) is 21.5. The highest BCUT2D eigenvalue weighted by Gasteiger charge is 2.46. The number of fused-ring (bicyclic) bond motifs is 1. The Labute approximate surface area is 168 Å². The fourth-order valence-corrected chi connectivity index (χ4v) is 3.17. The average Bonchev–Trinajstić information content (AvgIpc) is 3.07. The van der Waals surface area contributed by atoms with E-state index < -0.39 is 28.8 Å². The Bertz CT molecular complexity index is 1260. The minimum atomic E-state index is -4.88. The van der Waals surface area contributed by atoms with E-state index in [-0.39, 0.29) is 16.6 Å². The van der Waals surface area contributed by atoms with Gasteiger partial charge < -0.3 is 4.42 Å². The summed E-state index contributed by atoms with van der Waals surface area (Å²) < 4.78 is 46.1. The second-order valence-electron chi connectivity index (χ2n) is 6.66. The number of amides is 1. The van der Waals surface area contributed by atoms with Gasteiger partial charge in [-0.3, -0.25) is 9.59 Å².